The Hall–Kier alpha value is -1.94. The molecule has 0 aliphatic rings. The summed E-state index contributed by atoms with van der Waals surface area (Å²) in [5.74, 6) is -1.40. The van der Waals surface area contributed by atoms with Gasteiger partial charge in [-0.2, -0.15) is 0 Å². The Morgan fingerprint density at radius 1 is 0.355 bits per heavy atom. The summed E-state index contributed by atoms with van der Waals surface area (Å²) < 4.78 is 67.5. The molecule has 19 heteroatoms. The van der Waals surface area contributed by atoms with Gasteiger partial charge in [0.05, 0.1) is 26.4 Å². The highest BCUT2D eigenvalue weighted by Crippen LogP contribution is 2.45. The van der Waals surface area contributed by atoms with Crippen LogP contribution in [0.3, 0.4) is 0 Å². The quantitative estimate of drug-likeness (QED) is 0.0222. The topological polar surface area (TPSA) is 237 Å². The number of phosphoric acid groups is 2. The molecule has 3 N–H and O–H groups in total. The summed E-state index contributed by atoms with van der Waals surface area (Å²) in [7, 11) is -9.86. The van der Waals surface area contributed by atoms with Gasteiger partial charge < -0.3 is 33.8 Å². The van der Waals surface area contributed by atoms with Gasteiger partial charge in [0.2, 0.25) is 0 Å². The maximum atomic E-state index is 12.9. The fourth-order valence-electron chi connectivity index (χ4n) is 8.34. The number of aliphatic hydroxyl groups excluding tert-OH is 1. The first-order chi connectivity index (χ1) is 36.5. The highest BCUT2D eigenvalue weighted by molar-refractivity contribution is 7.47. The van der Waals surface area contributed by atoms with Crippen LogP contribution in [-0.4, -0.2) is 96.7 Å². The highest BCUT2D eigenvalue weighted by Gasteiger charge is 2.30. The molecule has 5 atom stereocenters. The van der Waals surface area contributed by atoms with Crippen molar-refractivity contribution in [3.8, 4) is 0 Å². The van der Waals surface area contributed by atoms with Gasteiger partial charge in [-0.25, -0.2) is 9.13 Å². The Morgan fingerprint density at radius 3 is 0.895 bits per heavy atom. The van der Waals surface area contributed by atoms with Crippen molar-refractivity contribution in [2.24, 2.45) is 5.92 Å². The third-order valence-electron chi connectivity index (χ3n) is 13.0. The molecule has 0 bridgehead atoms. The van der Waals surface area contributed by atoms with E-state index in [9.17, 15) is 43.2 Å². The Balaban J connectivity index is 5.18. The number of hydrogen-bond acceptors (Lipinski definition) is 15. The van der Waals surface area contributed by atoms with Crippen LogP contribution in [0.15, 0.2) is 0 Å². The Kier molecular flexibility index (Phi) is 49.9. The summed E-state index contributed by atoms with van der Waals surface area (Å²) in [5.41, 5.74) is 0. The molecule has 17 nitrogen and oxygen atoms in total. The molecule has 0 aliphatic heterocycles. The lowest BCUT2D eigenvalue weighted by molar-refractivity contribution is -0.161. The summed E-state index contributed by atoms with van der Waals surface area (Å²) in [6, 6.07) is 0. The van der Waals surface area contributed by atoms with E-state index in [1.165, 1.54) is 77.0 Å². The fraction of sp³-hybridized carbons (Fsp3) is 0.930. The molecule has 76 heavy (non-hydrogen) atoms. The third kappa shape index (κ3) is 51.5. The first kappa shape index (κ1) is 74.1. The van der Waals surface area contributed by atoms with Crippen molar-refractivity contribution in [3.63, 3.8) is 0 Å². The first-order valence-electron chi connectivity index (χ1n) is 30.1. The van der Waals surface area contributed by atoms with Gasteiger partial charge >= 0.3 is 39.5 Å². The largest absolute Gasteiger partial charge is 0.472 e. The van der Waals surface area contributed by atoms with Gasteiger partial charge in [0.1, 0.15) is 19.3 Å². The number of ether oxygens (including phenoxy) is 4. The molecule has 0 spiro atoms. The maximum absolute atomic E-state index is 12.9. The number of rotatable bonds is 57. The lowest BCUT2D eigenvalue weighted by Crippen LogP contribution is -2.30. The number of phosphoric ester groups is 2. The number of carbonyl (C=O) groups is 4. The summed E-state index contributed by atoms with van der Waals surface area (Å²) >= 11 is 0. The van der Waals surface area contributed by atoms with Crippen molar-refractivity contribution < 1.29 is 80.2 Å². The van der Waals surface area contributed by atoms with Crippen LogP contribution < -0.4 is 0 Å². The molecule has 0 amide bonds. The maximum Gasteiger partial charge on any atom is 0.472 e. The molecule has 0 radical (unpaired) electrons. The van der Waals surface area contributed by atoms with E-state index >= 15 is 0 Å². The van der Waals surface area contributed by atoms with Gasteiger partial charge in [-0.15, -0.1) is 0 Å². The van der Waals surface area contributed by atoms with E-state index in [0.29, 0.717) is 25.7 Å². The van der Waals surface area contributed by atoms with Crippen LogP contribution in [0, 0.1) is 5.92 Å². The molecule has 0 aliphatic carbocycles. The normalized spacial score (nSPS) is 14.4. The van der Waals surface area contributed by atoms with Crippen molar-refractivity contribution in [2.45, 2.75) is 297 Å². The highest BCUT2D eigenvalue weighted by atomic mass is 31.2. The number of carbonyl (C=O) groups excluding carboxylic acids is 4. The molecule has 2 unspecified atom stereocenters. The molecule has 450 valence electrons. The molecule has 0 aromatic heterocycles. The van der Waals surface area contributed by atoms with Crippen LogP contribution >= 0.6 is 15.6 Å². The molecular weight excluding hydrogens is 1020 g/mol. The fourth-order valence-corrected chi connectivity index (χ4v) is 9.92. The molecular formula is C57H110O17P2. The SMILES string of the molecule is CCCCCCCCCCCC(=O)OC[C@H](COP(=O)(O)OC[C@@H](O)COP(=O)(O)OC[C@@H](COC(=O)CCCCCCCCC)OC(=O)CCCCCCCCC)OC(=O)CCCCCCCCCCCCC(C)C. The van der Waals surface area contributed by atoms with E-state index in [-0.39, 0.29) is 25.7 Å². The van der Waals surface area contributed by atoms with Crippen LogP contribution in [0.25, 0.3) is 0 Å². The number of aliphatic hydroxyl groups is 1. The third-order valence-corrected chi connectivity index (χ3v) is 14.9. The molecule has 0 saturated heterocycles. The minimum Gasteiger partial charge on any atom is -0.462 e. The molecule has 0 aromatic rings. The number of esters is 4. The van der Waals surface area contributed by atoms with Crippen LogP contribution in [0.4, 0.5) is 0 Å². The van der Waals surface area contributed by atoms with E-state index in [4.69, 9.17) is 37.0 Å². The van der Waals surface area contributed by atoms with Gasteiger partial charge in [0.15, 0.2) is 12.2 Å². The van der Waals surface area contributed by atoms with E-state index in [2.05, 4.69) is 34.6 Å². The Bertz CT molecular complexity index is 1500. The van der Waals surface area contributed by atoms with Crippen LogP contribution in [0.2, 0.25) is 0 Å². The van der Waals surface area contributed by atoms with Crippen molar-refractivity contribution in [2.75, 3.05) is 39.6 Å². The molecule has 0 rings (SSSR count). The zero-order valence-electron chi connectivity index (χ0n) is 48.4. The summed E-state index contributed by atoms with van der Waals surface area (Å²) in [6.45, 7) is 7.03. The summed E-state index contributed by atoms with van der Waals surface area (Å²) in [6.07, 6.45) is 32.3. The van der Waals surface area contributed by atoms with Gasteiger partial charge in [-0.05, 0) is 31.6 Å². The van der Waals surface area contributed by atoms with Gasteiger partial charge in [0, 0.05) is 25.7 Å². The zero-order valence-corrected chi connectivity index (χ0v) is 50.2. The van der Waals surface area contributed by atoms with E-state index < -0.39 is 97.5 Å². The van der Waals surface area contributed by atoms with Crippen LogP contribution in [-0.2, 0) is 65.4 Å². The zero-order chi connectivity index (χ0) is 56.4. The van der Waals surface area contributed by atoms with Gasteiger partial charge in [0.25, 0.3) is 0 Å². The predicted molar refractivity (Wildman–Crippen MR) is 298 cm³/mol. The first-order valence-corrected chi connectivity index (χ1v) is 33.1. The second kappa shape index (κ2) is 51.2. The second-order valence-electron chi connectivity index (χ2n) is 21.2. The minimum absolute atomic E-state index is 0.103. The molecule has 0 aromatic carbocycles. The van der Waals surface area contributed by atoms with Crippen molar-refractivity contribution in [3.05, 3.63) is 0 Å². The van der Waals surface area contributed by atoms with Crippen molar-refractivity contribution in [1.29, 1.82) is 0 Å². The summed E-state index contributed by atoms with van der Waals surface area (Å²) in [5, 5.41) is 10.5. The standard InChI is InChI=1S/C57H110O17P2/c1-6-9-12-15-18-21-27-31-36-41-55(60)68-47-53(74-57(62)43-38-33-28-23-20-19-22-26-29-34-39-50(4)5)49-72-76(65,66)70-45-51(58)44-69-75(63,64)71-48-52(73-56(61)42-37-32-25-17-14-11-8-3)46-67-54(59)40-35-30-24-16-13-10-7-2/h50-53,58H,6-49H2,1-5H3,(H,63,64)(H,65,66)/t51-,52+,53+/m0/s1. The summed E-state index contributed by atoms with van der Waals surface area (Å²) in [4.78, 5) is 71.6. The predicted octanol–water partition coefficient (Wildman–Crippen LogP) is 15.1. The minimum atomic E-state index is -4.93. The number of unbranched alkanes of at least 4 members (excludes halogenated alkanes) is 29. The molecule has 0 fully saturated rings. The Labute approximate surface area is 460 Å². The second-order valence-corrected chi connectivity index (χ2v) is 24.1. The van der Waals surface area contributed by atoms with Crippen molar-refractivity contribution in [1.82, 2.24) is 0 Å². The Morgan fingerprint density at radius 2 is 0.605 bits per heavy atom. The number of hydrogen-bond donors (Lipinski definition) is 3. The van der Waals surface area contributed by atoms with Crippen LogP contribution in [0.5, 0.6) is 0 Å². The van der Waals surface area contributed by atoms with Crippen LogP contribution in [0.1, 0.15) is 279 Å². The van der Waals surface area contributed by atoms with E-state index in [1.807, 2.05) is 0 Å². The molecule has 0 heterocycles. The molecule has 0 saturated carbocycles. The lowest BCUT2D eigenvalue weighted by Gasteiger charge is -2.21. The monoisotopic (exact) mass is 1130 g/mol. The smallest absolute Gasteiger partial charge is 0.462 e. The van der Waals surface area contributed by atoms with Gasteiger partial charge in [-0.1, -0.05) is 227 Å². The van der Waals surface area contributed by atoms with E-state index in [1.54, 1.807) is 0 Å². The average Bonchev–Trinajstić information content (AvgIpc) is 3.38. The average molecular weight is 1130 g/mol. The van der Waals surface area contributed by atoms with E-state index in [0.717, 1.165) is 121 Å². The lowest BCUT2D eigenvalue weighted by atomic mass is 10.0. The van der Waals surface area contributed by atoms with Crippen molar-refractivity contribution >= 4 is 39.5 Å². The van der Waals surface area contributed by atoms with Gasteiger partial charge in [-0.3, -0.25) is 37.3 Å².